The molecule has 61 heavy (non-hydrogen) atoms. The molecule has 11 aromatic rings. The topological polar surface area (TPSA) is 29.5 Å². The number of benzene rings is 9. The van der Waals surface area contributed by atoms with Crippen molar-refractivity contribution in [3.05, 3.63) is 235 Å². The predicted octanol–water partition coefficient (Wildman–Crippen LogP) is 16.0. The molecule has 0 radical (unpaired) electrons. The molecule has 0 saturated carbocycles. The van der Waals surface area contributed by atoms with E-state index in [1.54, 1.807) is 0 Å². The Kier molecular flexibility index (Phi) is 7.45. The van der Waals surface area contributed by atoms with Gasteiger partial charge in [-0.3, -0.25) is 0 Å². The van der Waals surface area contributed by atoms with Gasteiger partial charge in [0.15, 0.2) is 0 Å². The highest BCUT2D eigenvalue weighted by atomic mass is 32.2. The van der Waals surface area contributed by atoms with Crippen LogP contribution < -0.4 is 4.90 Å². The summed E-state index contributed by atoms with van der Waals surface area (Å²) in [7, 11) is 0. The molecule has 0 fully saturated rings. The molecule has 0 N–H and O–H groups in total. The molecule has 1 aliphatic carbocycles. The van der Waals surface area contributed by atoms with Crippen molar-refractivity contribution in [2.24, 2.45) is 0 Å². The summed E-state index contributed by atoms with van der Waals surface area (Å²) >= 11 is 1.82. The quantitative estimate of drug-likeness (QED) is 0.173. The van der Waals surface area contributed by atoms with E-state index >= 15 is 0 Å². The molecule has 9 aromatic carbocycles. The number of rotatable bonds is 5. The standard InChI is InChI=1S/C57H35NO2S/c1-3-15-36(16-4-1)38-31-39(37-17-5-2-6-18-37)33-42(32-38)58(40-28-30-52-47(34-40)45-21-9-13-25-51(45)59-52)41-27-29-46-53(35-41)60-56-55(46)61-54-26-14-12-24-50(54)57(56)48-22-10-7-19-43(48)44-20-8-11-23-49(44)57/h1-35H. The van der Waals surface area contributed by atoms with Crippen LogP contribution in [-0.4, -0.2) is 0 Å². The highest BCUT2D eigenvalue weighted by molar-refractivity contribution is 7.99. The maximum absolute atomic E-state index is 7.40. The van der Waals surface area contributed by atoms with Crippen molar-refractivity contribution < 1.29 is 8.83 Å². The Labute approximate surface area is 357 Å². The number of hydrogen-bond acceptors (Lipinski definition) is 4. The van der Waals surface area contributed by atoms with E-state index in [9.17, 15) is 0 Å². The number of fused-ring (bicyclic) bond motifs is 14. The largest absolute Gasteiger partial charge is 0.458 e. The monoisotopic (exact) mass is 797 g/mol. The number of anilines is 3. The van der Waals surface area contributed by atoms with E-state index in [1.165, 1.54) is 37.6 Å². The van der Waals surface area contributed by atoms with Crippen molar-refractivity contribution in [1.29, 1.82) is 0 Å². The van der Waals surface area contributed by atoms with Crippen LogP contribution in [0.3, 0.4) is 0 Å². The van der Waals surface area contributed by atoms with Gasteiger partial charge in [-0.1, -0.05) is 157 Å². The average Bonchev–Trinajstić information content (AvgIpc) is 3.98. The smallest absolute Gasteiger partial charge is 0.138 e. The lowest BCUT2D eigenvalue weighted by atomic mass is 9.70. The zero-order chi connectivity index (χ0) is 40.1. The number of hydrogen-bond donors (Lipinski definition) is 0. The molecule has 0 atom stereocenters. The predicted molar refractivity (Wildman–Crippen MR) is 250 cm³/mol. The Morgan fingerprint density at radius 1 is 0.361 bits per heavy atom. The first-order valence-corrected chi connectivity index (χ1v) is 21.6. The van der Waals surface area contributed by atoms with Gasteiger partial charge in [-0.2, -0.15) is 0 Å². The fraction of sp³-hybridized carbons (Fsp3) is 0.0175. The summed E-state index contributed by atoms with van der Waals surface area (Å²) in [6.45, 7) is 0. The van der Waals surface area contributed by atoms with E-state index in [2.05, 4.69) is 205 Å². The maximum Gasteiger partial charge on any atom is 0.138 e. The van der Waals surface area contributed by atoms with Crippen LogP contribution >= 0.6 is 11.8 Å². The van der Waals surface area contributed by atoms with E-state index < -0.39 is 5.41 Å². The summed E-state index contributed by atoms with van der Waals surface area (Å²) in [5, 5.41) is 3.28. The molecular weight excluding hydrogens is 763 g/mol. The third-order valence-electron chi connectivity index (χ3n) is 12.7. The second-order valence-corrected chi connectivity index (χ2v) is 17.0. The van der Waals surface area contributed by atoms with Gasteiger partial charge in [0.25, 0.3) is 0 Å². The van der Waals surface area contributed by atoms with Crippen LogP contribution in [-0.2, 0) is 5.41 Å². The van der Waals surface area contributed by atoms with Crippen LogP contribution in [0, 0.1) is 0 Å². The fourth-order valence-electron chi connectivity index (χ4n) is 10.1. The lowest BCUT2D eigenvalue weighted by Gasteiger charge is -2.36. The van der Waals surface area contributed by atoms with Crippen LogP contribution in [0.15, 0.2) is 231 Å². The maximum atomic E-state index is 7.40. The third kappa shape index (κ3) is 5.06. The normalized spacial score (nSPS) is 13.3. The summed E-state index contributed by atoms with van der Waals surface area (Å²) in [5.41, 5.74) is 16.0. The summed E-state index contributed by atoms with van der Waals surface area (Å²) in [5.74, 6) is 0.982. The zero-order valence-electron chi connectivity index (χ0n) is 32.9. The zero-order valence-corrected chi connectivity index (χ0v) is 33.7. The van der Waals surface area contributed by atoms with Gasteiger partial charge < -0.3 is 13.7 Å². The lowest BCUT2D eigenvalue weighted by molar-refractivity contribution is 0.478. The van der Waals surface area contributed by atoms with Gasteiger partial charge in [-0.05, 0) is 111 Å². The summed E-state index contributed by atoms with van der Waals surface area (Å²) < 4.78 is 13.7. The van der Waals surface area contributed by atoms with Crippen LogP contribution in [0.5, 0.6) is 0 Å². The molecule has 0 saturated heterocycles. The molecular formula is C57H35NO2S. The Morgan fingerprint density at radius 3 is 1.66 bits per heavy atom. The molecule has 3 nitrogen and oxygen atoms in total. The Hall–Kier alpha value is -7.53. The number of para-hydroxylation sites is 1. The molecule has 2 aromatic heterocycles. The van der Waals surface area contributed by atoms with Gasteiger partial charge in [0.2, 0.25) is 0 Å². The highest BCUT2D eigenvalue weighted by Crippen LogP contribution is 2.64. The van der Waals surface area contributed by atoms with E-state index in [1.807, 2.05) is 23.9 Å². The second kappa shape index (κ2) is 13.2. The van der Waals surface area contributed by atoms with E-state index in [-0.39, 0.29) is 0 Å². The molecule has 0 bridgehead atoms. The van der Waals surface area contributed by atoms with Crippen molar-refractivity contribution in [2.75, 3.05) is 4.90 Å². The van der Waals surface area contributed by atoms with Crippen LogP contribution in [0.25, 0.3) is 66.3 Å². The Bertz CT molecular complexity index is 3420. The minimum absolute atomic E-state index is 0.592. The molecule has 13 rings (SSSR count). The average molecular weight is 798 g/mol. The first-order valence-electron chi connectivity index (χ1n) is 20.7. The van der Waals surface area contributed by atoms with E-state index in [0.29, 0.717) is 0 Å². The van der Waals surface area contributed by atoms with Gasteiger partial charge in [-0.25, -0.2) is 0 Å². The minimum atomic E-state index is -0.592. The van der Waals surface area contributed by atoms with E-state index in [4.69, 9.17) is 8.83 Å². The summed E-state index contributed by atoms with van der Waals surface area (Å²) in [6.07, 6.45) is 0. The minimum Gasteiger partial charge on any atom is -0.458 e. The van der Waals surface area contributed by atoms with Crippen molar-refractivity contribution in [3.63, 3.8) is 0 Å². The molecule has 3 heterocycles. The van der Waals surface area contributed by atoms with Gasteiger partial charge in [0.05, 0.1) is 4.90 Å². The molecule has 2 aliphatic rings. The first kappa shape index (κ1) is 34.3. The first-order chi connectivity index (χ1) is 30.2. The van der Waals surface area contributed by atoms with Crippen LogP contribution in [0.1, 0.15) is 22.5 Å². The third-order valence-corrected chi connectivity index (χ3v) is 13.9. The summed E-state index contributed by atoms with van der Waals surface area (Å²) in [4.78, 5) is 4.79. The summed E-state index contributed by atoms with van der Waals surface area (Å²) in [6, 6.07) is 76.5. The number of nitrogens with zero attached hydrogens (tertiary/aromatic N) is 1. The van der Waals surface area contributed by atoms with Crippen molar-refractivity contribution >= 4 is 61.7 Å². The molecule has 286 valence electrons. The van der Waals surface area contributed by atoms with Gasteiger partial charge in [0, 0.05) is 44.2 Å². The van der Waals surface area contributed by atoms with Crippen molar-refractivity contribution in [3.8, 4) is 33.4 Å². The molecule has 1 spiro atoms. The second-order valence-electron chi connectivity index (χ2n) is 16.0. The van der Waals surface area contributed by atoms with Gasteiger partial charge >= 0.3 is 0 Å². The van der Waals surface area contributed by atoms with Crippen molar-refractivity contribution in [1.82, 2.24) is 0 Å². The van der Waals surface area contributed by atoms with Crippen LogP contribution in [0.2, 0.25) is 0 Å². The molecule has 0 unspecified atom stereocenters. The highest BCUT2D eigenvalue weighted by Gasteiger charge is 2.53. The molecule has 1 aliphatic heterocycles. The fourth-order valence-corrected chi connectivity index (χ4v) is 11.3. The van der Waals surface area contributed by atoms with E-state index in [0.717, 1.165) is 78.0 Å². The van der Waals surface area contributed by atoms with Gasteiger partial charge in [0.1, 0.15) is 27.9 Å². The van der Waals surface area contributed by atoms with Crippen LogP contribution in [0.4, 0.5) is 17.1 Å². The van der Waals surface area contributed by atoms with Gasteiger partial charge in [-0.15, -0.1) is 0 Å². The SMILES string of the molecule is c1ccc(-c2cc(-c3ccccc3)cc(N(c3ccc4c5c(oc4c3)C3(c4ccccc4S5)c4ccccc4-c4ccccc43)c3ccc4oc5ccccc5c4c3)c2)cc1. The Morgan fingerprint density at radius 2 is 0.934 bits per heavy atom. The Balaban J connectivity index is 1.07. The lowest BCUT2D eigenvalue weighted by Crippen LogP contribution is -2.31. The van der Waals surface area contributed by atoms with Crippen molar-refractivity contribution in [2.45, 2.75) is 15.2 Å². The molecule has 0 amide bonds. The number of furan rings is 2. The molecule has 4 heteroatoms.